The largest absolute Gasteiger partial charge is 0.307 e. The van der Waals surface area contributed by atoms with Crippen LogP contribution in [0.4, 0.5) is 5.82 Å². The van der Waals surface area contributed by atoms with E-state index in [2.05, 4.69) is 34.6 Å². The molecule has 0 aliphatic carbocycles. The highest BCUT2D eigenvalue weighted by Gasteiger charge is 2.12. The van der Waals surface area contributed by atoms with Crippen molar-refractivity contribution in [3.05, 3.63) is 58.7 Å². The highest BCUT2D eigenvalue weighted by atomic mass is 32.2. The third-order valence-electron chi connectivity index (χ3n) is 4.10. The summed E-state index contributed by atoms with van der Waals surface area (Å²) < 4.78 is 2.92. The molecule has 26 heavy (non-hydrogen) atoms. The number of aromatic nitrogens is 3. The quantitative estimate of drug-likeness (QED) is 0.570. The third-order valence-corrected chi connectivity index (χ3v) is 6.31. The summed E-state index contributed by atoms with van der Waals surface area (Å²) in [6, 6.07) is 9.78. The monoisotopic (exact) mass is 386 g/mol. The van der Waals surface area contributed by atoms with E-state index in [0.717, 1.165) is 28.0 Å². The van der Waals surface area contributed by atoms with Gasteiger partial charge in [0.05, 0.1) is 12.2 Å². The molecule has 3 aromatic rings. The zero-order valence-electron chi connectivity index (χ0n) is 15.1. The predicted octanol–water partition coefficient (Wildman–Crippen LogP) is 5.16. The standard InChI is InChI=1S/C19H22N4OS2/c1-4-14(3)23-17(9-10-20-23)22-18(24)16-7-5-15(6-8-16)12-26-19-21-13(2)11-25-19/h5-11,14H,4,12H2,1-3H3,(H,22,24). The van der Waals surface area contributed by atoms with Crippen LogP contribution in [-0.4, -0.2) is 20.7 Å². The fourth-order valence-electron chi connectivity index (χ4n) is 2.42. The SMILES string of the molecule is CCC(C)n1nccc1NC(=O)c1ccc(CSc2nc(C)cs2)cc1. The van der Waals surface area contributed by atoms with Crippen molar-refractivity contribution in [3.8, 4) is 0 Å². The number of rotatable bonds is 7. The summed E-state index contributed by atoms with van der Waals surface area (Å²) in [5.74, 6) is 1.45. The van der Waals surface area contributed by atoms with Crippen LogP contribution in [0.1, 0.15) is 47.9 Å². The second kappa shape index (κ2) is 8.51. The molecule has 2 aromatic heterocycles. The highest BCUT2D eigenvalue weighted by molar-refractivity contribution is 8.00. The van der Waals surface area contributed by atoms with Crippen molar-refractivity contribution in [1.29, 1.82) is 0 Å². The van der Waals surface area contributed by atoms with Crippen molar-refractivity contribution in [2.45, 2.75) is 43.3 Å². The Bertz CT molecular complexity index is 870. The fourth-order valence-corrected chi connectivity index (χ4v) is 4.23. The van der Waals surface area contributed by atoms with Crippen LogP contribution in [0.5, 0.6) is 0 Å². The maximum Gasteiger partial charge on any atom is 0.256 e. The number of anilines is 1. The molecule has 0 spiro atoms. The number of carbonyl (C=O) groups excluding carboxylic acids is 1. The van der Waals surface area contributed by atoms with Crippen LogP contribution in [0.15, 0.2) is 46.2 Å². The average Bonchev–Trinajstić information content (AvgIpc) is 3.28. The zero-order valence-corrected chi connectivity index (χ0v) is 16.7. The van der Waals surface area contributed by atoms with E-state index in [-0.39, 0.29) is 11.9 Å². The van der Waals surface area contributed by atoms with E-state index >= 15 is 0 Å². The summed E-state index contributed by atoms with van der Waals surface area (Å²) >= 11 is 3.38. The molecule has 1 N–H and O–H groups in total. The van der Waals surface area contributed by atoms with Crippen molar-refractivity contribution in [1.82, 2.24) is 14.8 Å². The van der Waals surface area contributed by atoms with Gasteiger partial charge in [-0.3, -0.25) is 4.79 Å². The van der Waals surface area contributed by atoms with E-state index in [0.29, 0.717) is 5.56 Å². The van der Waals surface area contributed by atoms with Crippen LogP contribution in [0.2, 0.25) is 0 Å². The fraction of sp³-hybridized carbons (Fsp3) is 0.316. The lowest BCUT2D eigenvalue weighted by atomic mass is 10.1. The molecule has 7 heteroatoms. The molecule has 1 unspecified atom stereocenters. The van der Waals surface area contributed by atoms with Gasteiger partial charge in [-0.25, -0.2) is 9.67 Å². The maximum atomic E-state index is 12.5. The number of thiazole rings is 1. The second-order valence-electron chi connectivity index (χ2n) is 6.11. The Morgan fingerprint density at radius 1 is 1.31 bits per heavy atom. The van der Waals surface area contributed by atoms with Crippen molar-refractivity contribution in [2.24, 2.45) is 0 Å². The summed E-state index contributed by atoms with van der Waals surface area (Å²) in [5, 5.41) is 9.30. The first kappa shape index (κ1) is 18.7. The van der Waals surface area contributed by atoms with Crippen LogP contribution in [-0.2, 0) is 5.75 Å². The number of nitrogens with one attached hydrogen (secondary N) is 1. The van der Waals surface area contributed by atoms with Crippen LogP contribution in [0, 0.1) is 6.92 Å². The van der Waals surface area contributed by atoms with Crippen LogP contribution < -0.4 is 5.32 Å². The topological polar surface area (TPSA) is 59.8 Å². The smallest absolute Gasteiger partial charge is 0.256 e. The number of aryl methyl sites for hydroxylation is 1. The van der Waals surface area contributed by atoms with E-state index < -0.39 is 0 Å². The minimum atomic E-state index is -0.121. The van der Waals surface area contributed by atoms with E-state index in [1.54, 1.807) is 29.3 Å². The third kappa shape index (κ3) is 4.53. The molecule has 136 valence electrons. The first-order chi connectivity index (χ1) is 12.6. The maximum absolute atomic E-state index is 12.5. The summed E-state index contributed by atoms with van der Waals surface area (Å²) in [5.41, 5.74) is 2.87. The molecule has 0 aliphatic heterocycles. The highest BCUT2D eigenvalue weighted by Crippen LogP contribution is 2.26. The predicted molar refractivity (Wildman–Crippen MR) is 108 cm³/mol. The summed E-state index contributed by atoms with van der Waals surface area (Å²) in [6.45, 7) is 6.18. The van der Waals surface area contributed by atoms with E-state index in [1.165, 1.54) is 5.56 Å². The van der Waals surface area contributed by atoms with Crippen molar-refractivity contribution in [2.75, 3.05) is 5.32 Å². The van der Waals surface area contributed by atoms with Crippen LogP contribution in [0.3, 0.4) is 0 Å². The van der Waals surface area contributed by atoms with E-state index in [1.807, 2.05) is 41.9 Å². The normalized spacial score (nSPS) is 12.1. The number of hydrogen-bond acceptors (Lipinski definition) is 5. The lowest BCUT2D eigenvalue weighted by Crippen LogP contribution is -2.17. The van der Waals surface area contributed by atoms with Gasteiger partial charge in [0.1, 0.15) is 10.2 Å². The summed E-state index contributed by atoms with van der Waals surface area (Å²) in [6.07, 6.45) is 2.66. The van der Waals surface area contributed by atoms with Crippen molar-refractivity contribution in [3.63, 3.8) is 0 Å². The second-order valence-corrected chi connectivity index (χ2v) is 8.19. The van der Waals surface area contributed by atoms with Crippen LogP contribution in [0.25, 0.3) is 0 Å². The van der Waals surface area contributed by atoms with Gasteiger partial charge in [0, 0.05) is 28.5 Å². The molecule has 0 saturated heterocycles. The summed E-state index contributed by atoms with van der Waals surface area (Å²) in [7, 11) is 0. The van der Waals surface area contributed by atoms with Crippen molar-refractivity contribution < 1.29 is 4.79 Å². The van der Waals surface area contributed by atoms with Gasteiger partial charge in [0.15, 0.2) is 0 Å². The van der Waals surface area contributed by atoms with Gasteiger partial charge >= 0.3 is 0 Å². The molecule has 1 aromatic carbocycles. The van der Waals surface area contributed by atoms with Crippen molar-refractivity contribution >= 4 is 34.8 Å². The number of amides is 1. The molecule has 3 rings (SSSR count). The number of thioether (sulfide) groups is 1. The molecule has 0 fully saturated rings. The van der Waals surface area contributed by atoms with Crippen LogP contribution >= 0.6 is 23.1 Å². The number of hydrogen-bond donors (Lipinski definition) is 1. The summed E-state index contributed by atoms with van der Waals surface area (Å²) in [4.78, 5) is 17.0. The Labute approximate surface area is 161 Å². The van der Waals surface area contributed by atoms with Gasteiger partial charge in [-0.1, -0.05) is 30.8 Å². The van der Waals surface area contributed by atoms with Gasteiger partial charge in [-0.15, -0.1) is 11.3 Å². The molecule has 1 atom stereocenters. The first-order valence-electron chi connectivity index (χ1n) is 8.55. The molecule has 0 radical (unpaired) electrons. The van der Waals surface area contributed by atoms with Gasteiger partial charge in [-0.05, 0) is 38.0 Å². The molecule has 0 aliphatic rings. The Balaban J connectivity index is 1.61. The minimum absolute atomic E-state index is 0.121. The van der Waals surface area contributed by atoms with Gasteiger partial charge in [0.2, 0.25) is 0 Å². The molecule has 0 bridgehead atoms. The average molecular weight is 387 g/mol. The molecule has 0 saturated carbocycles. The Hall–Kier alpha value is -2.12. The number of carbonyl (C=O) groups is 1. The Morgan fingerprint density at radius 3 is 2.73 bits per heavy atom. The molecular formula is C19H22N4OS2. The zero-order chi connectivity index (χ0) is 18.5. The van der Waals surface area contributed by atoms with E-state index in [4.69, 9.17) is 0 Å². The number of benzene rings is 1. The van der Waals surface area contributed by atoms with Gasteiger partial charge in [-0.2, -0.15) is 5.10 Å². The molecular weight excluding hydrogens is 364 g/mol. The molecule has 5 nitrogen and oxygen atoms in total. The van der Waals surface area contributed by atoms with Gasteiger partial charge in [0.25, 0.3) is 5.91 Å². The molecule has 1 amide bonds. The lowest BCUT2D eigenvalue weighted by molar-refractivity contribution is 0.102. The Kier molecular flexibility index (Phi) is 6.11. The first-order valence-corrected chi connectivity index (χ1v) is 10.4. The molecule has 2 heterocycles. The van der Waals surface area contributed by atoms with Gasteiger partial charge < -0.3 is 5.32 Å². The number of nitrogens with zero attached hydrogens (tertiary/aromatic N) is 3. The Morgan fingerprint density at radius 2 is 2.08 bits per heavy atom. The van der Waals surface area contributed by atoms with E-state index in [9.17, 15) is 4.79 Å². The lowest BCUT2D eigenvalue weighted by Gasteiger charge is -2.14. The minimum Gasteiger partial charge on any atom is -0.307 e.